The second-order valence-corrected chi connectivity index (χ2v) is 12.2. The van der Waals surface area contributed by atoms with Crippen LogP contribution < -0.4 is 18.9 Å². The Morgan fingerprint density at radius 3 is 1.77 bits per heavy atom. The predicted octanol–water partition coefficient (Wildman–Crippen LogP) is 9.06. The molecule has 1 unspecified atom stereocenters. The van der Waals surface area contributed by atoms with E-state index in [-0.39, 0.29) is 24.0 Å². The van der Waals surface area contributed by atoms with Crippen LogP contribution in [0, 0.1) is 0 Å². The molecule has 0 aliphatic carbocycles. The van der Waals surface area contributed by atoms with E-state index in [1.165, 1.54) is 24.3 Å². The molecule has 0 amide bonds. The maximum Gasteiger partial charge on any atom is 0.343 e. The van der Waals surface area contributed by atoms with Gasteiger partial charge in [0, 0.05) is 0 Å². The molecule has 0 radical (unpaired) electrons. The molecule has 0 aliphatic heterocycles. The molecule has 4 aromatic rings. The molecular formula is C42H46O10. The number of methoxy groups -OCH3 is 1. The van der Waals surface area contributed by atoms with E-state index < -0.39 is 23.9 Å². The average molecular weight is 711 g/mol. The maximum absolute atomic E-state index is 12.8. The van der Waals surface area contributed by atoms with Crippen molar-refractivity contribution in [3.05, 3.63) is 119 Å². The van der Waals surface area contributed by atoms with E-state index in [0.717, 1.165) is 44.9 Å². The van der Waals surface area contributed by atoms with Gasteiger partial charge in [-0.3, -0.25) is 0 Å². The maximum atomic E-state index is 12.8. The molecule has 4 aromatic carbocycles. The van der Waals surface area contributed by atoms with Gasteiger partial charge in [0.25, 0.3) is 0 Å². The molecule has 274 valence electrons. The van der Waals surface area contributed by atoms with Gasteiger partial charge < -0.3 is 28.4 Å². The summed E-state index contributed by atoms with van der Waals surface area (Å²) in [6, 6.07) is 26.0. The summed E-state index contributed by atoms with van der Waals surface area (Å²) in [5.41, 5.74) is 1.18. The second kappa shape index (κ2) is 20.9. The number of benzene rings is 4. The number of ether oxygens (including phenoxy) is 6. The molecule has 0 saturated carbocycles. The van der Waals surface area contributed by atoms with Crippen LogP contribution in [0.5, 0.6) is 23.0 Å². The third kappa shape index (κ3) is 12.6. The first-order valence-electron chi connectivity index (χ1n) is 17.7. The van der Waals surface area contributed by atoms with Gasteiger partial charge in [-0.1, -0.05) is 31.9 Å². The molecule has 10 nitrogen and oxygen atoms in total. The van der Waals surface area contributed by atoms with Gasteiger partial charge in [0.15, 0.2) is 0 Å². The van der Waals surface area contributed by atoms with Crippen molar-refractivity contribution >= 4 is 23.9 Å². The Balaban J connectivity index is 1.10. The summed E-state index contributed by atoms with van der Waals surface area (Å²) in [5.74, 6) is -0.301. The van der Waals surface area contributed by atoms with Crippen LogP contribution in [0.15, 0.2) is 97.1 Å². The van der Waals surface area contributed by atoms with Gasteiger partial charge in [0.05, 0.1) is 43.1 Å². The van der Waals surface area contributed by atoms with Crippen molar-refractivity contribution in [1.82, 2.24) is 0 Å². The van der Waals surface area contributed by atoms with Crippen molar-refractivity contribution in [2.75, 3.05) is 20.3 Å². The highest BCUT2D eigenvalue weighted by Crippen LogP contribution is 2.23. The Hall–Kier alpha value is -5.64. The molecule has 52 heavy (non-hydrogen) atoms. The zero-order chi connectivity index (χ0) is 37.1. The fourth-order valence-corrected chi connectivity index (χ4v) is 5.11. The summed E-state index contributed by atoms with van der Waals surface area (Å²) in [7, 11) is 1.56. The van der Waals surface area contributed by atoms with Crippen molar-refractivity contribution in [1.29, 1.82) is 0 Å². The largest absolute Gasteiger partial charge is 0.497 e. The van der Waals surface area contributed by atoms with Crippen molar-refractivity contribution in [3.8, 4) is 23.0 Å². The van der Waals surface area contributed by atoms with Crippen LogP contribution in [-0.4, -0.2) is 50.3 Å². The third-order valence-electron chi connectivity index (χ3n) is 8.09. The van der Waals surface area contributed by atoms with Crippen LogP contribution in [0.1, 0.15) is 107 Å². The van der Waals surface area contributed by atoms with Crippen molar-refractivity contribution < 1.29 is 47.6 Å². The highest BCUT2D eigenvalue weighted by Gasteiger charge is 2.19. The Morgan fingerprint density at radius 1 is 0.558 bits per heavy atom. The van der Waals surface area contributed by atoms with E-state index in [9.17, 15) is 19.2 Å². The molecule has 4 rings (SSSR count). The zero-order valence-electron chi connectivity index (χ0n) is 30.0. The zero-order valence-corrected chi connectivity index (χ0v) is 30.0. The number of hydrogen-bond acceptors (Lipinski definition) is 10. The van der Waals surface area contributed by atoms with Gasteiger partial charge in [-0.05, 0) is 130 Å². The summed E-state index contributed by atoms with van der Waals surface area (Å²) in [5, 5.41) is 0. The normalized spacial score (nSPS) is 11.2. The Kier molecular flexibility index (Phi) is 15.7. The summed E-state index contributed by atoms with van der Waals surface area (Å²) in [4.78, 5) is 50.4. The highest BCUT2D eigenvalue weighted by molar-refractivity contribution is 5.96. The first-order chi connectivity index (χ1) is 25.3. The summed E-state index contributed by atoms with van der Waals surface area (Å²) in [6.45, 7) is 4.75. The summed E-state index contributed by atoms with van der Waals surface area (Å²) in [6.07, 6.45) is 6.93. The van der Waals surface area contributed by atoms with E-state index in [4.69, 9.17) is 28.4 Å². The van der Waals surface area contributed by atoms with Crippen molar-refractivity contribution in [2.24, 2.45) is 0 Å². The summed E-state index contributed by atoms with van der Waals surface area (Å²) >= 11 is 0. The smallest absolute Gasteiger partial charge is 0.343 e. The van der Waals surface area contributed by atoms with E-state index in [1.54, 1.807) is 79.9 Å². The van der Waals surface area contributed by atoms with Crippen LogP contribution in [0.3, 0.4) is 0 Å². The summed E-state index contributed by atoms with van der Waals surface area (Å²) < 4.78 is 32.8. The molecule has 0 spiro atoms. The fraction of sp³-hybridized carbons (Fsp3) is 0.333. The molecule has 10 heteroatoms. The van der Waals surface area contributed by atoms with Gasteiger partial charge in [-0.25, -0.2) is 19.2 Å². The molecule has 1 atom stereocenters. The number of unbranched alkanes of at least 4 members (excludes halogenated alkanes) is 5. The van der Waals surface area contributed by atoms with Crippen molar-refractivity contribution in [3.63, 3.8) is 0 Å². The standard InChI is InChI=1S/C42H46O10/c1-4-5-8-13-30(2)50-42(46)37-14-9-10-15-38(37)52-41(45)33-20-22-35(23-21-33)48-28-11-6-7-12-29-49-39(43)31-16-18-32(19-17-31)40(44)51-36-26-24-34(47-3)25-27-36/h9-10,14-27,30H,4-8,11-13,28-29H2,1-3H3. The topological polar surface area (TPSA) is 124 Å². The number of rotatable bonds is 20. The van der Waals surface area contributed by atoms with E-state index in [1.807, 2.05) is 6.92 Å². The molecule has 0 aliphatic rings. The fourth-order valence-electron chi connectivity index (χ4n) is 5.11. The quantitative estimate of drug-likeness (QED) is 0.0499. The molecule has 0 saturated heterocycles. The van der Waals surface area contributed by atoms with Gasteiger partial charge >= 0.3 is 23.9 Å². The van der Waals surface area contributed by atoms with E-state index in [0.29, 0.717) is 47.0 Å². The predicted molar refractivity (Wildman–Crippen MR) is 196 cm³/mol. The van der Waals surface area contributed by atoms with E-state index in [2.05, 4.69) is 6.92 Å². The lowest BCUT2D eigenvalue weighted by Gasteiger charge is -2.15. The Bertz CT molecular complexity index is 1730. The Labute approximate surface area is 304 Å². The molecule has 0 heterocycles. The van der Waals surface area contributed by atoms with Crippen LogP contribution >= 0.6 is 0 Å². The van der Waals surface area contributed by atoms with Crippen LogP contribution in [-0.2, 0) is 9.47 Å². The number of esters is 4. The minimum absolute atomic E-state index is 0.146. The number of hydrogen-bond donors (Lipinski definition) is 0. The molecule has 0 bridgehead atoms. The SMILES string of the molecule is CCCCCC(C)OC(=O)c1ccccc1OC(=O)c1ccc(OCCCCCCOC(=O)c2ccc(C(=O)Oc3ccc(OC)cc3)cc2)cc1. The lowest BCUT2D eigenvalue weighted by molar-refractivity contribution is 0.0315. The number of carbonyl (C=O) groups is 4. The van der Waals surface area contributed by atoms with Gasteiger partial charge in [0.1, 0.15) is 28.6 Å². The van der Waals surface area contributed by atoms with Crippen molar-refractivity contribution in [2.45, 2.75) is 71.3 Å². The van der Waals surface area contributed by atoms with Gasteiger partial charge in [-0.15, -0.1) is 0 Å². The first-order valence-corrected chi connectivity index (χ1v) is 17.7. The molecule has 0 fully saturated rings. The van der Waals surface area contributed by atoms with Crippen LogP contribution in [0.4, 0.5) is 0 Å². The highest BCUT2D eigenvalue weighted by atomic mass is 16.6. The van der Waals surface area contributed by atoms with Gasteiger partial charge in [0.2, 0.25) is 0 Å². The number of para-hydroxylation sites is 1. The third-order valence-corrected chi connectivity index (χ3v) is 8.09. The molecular weight excluding hydrogens is 664 g/mol. The first kappa shape index (κ1) is 39.2. The van der Waals surface area contributed by atoms with Crippen LogP contribution in [0.25, 0.3) is 0 Å². The lowest BCUT2D eigenvalue weighted by Crippen LogP contribution is -2.17. The second-order valence-electron chi connectivity index (χ2n) is 12.2. The minimum Gasteiger partial charge on any atom is -0.497 e. The molecule has 0 N–H and O–H groups in total. The van der Waals surface area contributed by atoms with Crippen LogP contribution in [0.2, 0.25) is 0 Å². The Morgan fingerprint density at radius 2 is 1.12 bits per heavy atom. The monoisotopic (exact) mass is 710 g/mol. The number of carbonyl (C=O) groups excluding carboxylic acids is 4. The average Bonchev–Trinajstić information content (AvgIpc) is 3.16. The minimum atomic E-state index is -0.592. The lowest BCUT2D eigenvalue weighted by atomic mass is 10.1. The molecule has 0 aromatic heterocycles. The van der Waals surface area contributed by atoms with Gasteiger partial charge in [-0.2, -0.15) is 0 Å². The van der Waals surface area contributed by atoms with E-state index >= 15 is 0 Å².